The molecule has 4 N–H and O–H groups in total. The fourth-order valence-corrected chi connectivity index (χ4v) is 4.25. The smallest absolute Gasteiger partial charge is 0.347 e. The minimum atomic E-state index is -1.01. The number of thiazole rings is 1. The van der Waals surface area contributed by atoms with Crippen molar-refractivity contribution in [2.75, 3.05) is 48.8 Å². The number of carboxylic acid groups (broad SMARTS) is 1. The minimum absolute atomic E-state index is 0.175. The van der Waals surface area contributed by atoms with Gasteiger partial charge in [0, 0.05) is 38.8 Å². The Morgan fingerprint density at radius 1 is 1.18 bits per heavy atom. The second-order valence-electron chi connectivity index (χ2n) is 7.58. The van der Waals surface area contributed by atoms with E-state index >= 15 is 0 Å². The third kappa shape index (κ3) is 5.58. The van der Waals surface area contributed by atoms with Gasteiger partial charge in [0.1, 0.15) is 16.5 Å². The summed E-state index contributed by atoms with van der Waals surface area (Å²) in [6, 6.07) is 9.01. The average molecular weight is 484 g/mol. The summed E-state index contributed by atoms with van der Waals surface area (Å²) in [6.07, 6.45) is 0. The number of anilines is 4. The van der Waals surface area contributed by atoms with Gasteiger partial charge in [0.15, 0.2) is 5.13 Å². The number of nitrogens with one attached hydrogen (secondary N) is 3. The zero-order valence-electron chi connectivity index (χ0n) is 18.8. The molecule has 0 atom stereocenters. The zero-order chi connectivity index (χ0) is 24.1. The molecule has 0 unspecified atom stereocenters. The Kier molecular flexibility index (Phi) is 7.18. The van der Waals surface area contributed by atoms with Crippen molar-refractivity contribution in [3.05, 3.63) is 52.0 Å². The largest absolute Gasteiger partial charge is 0.477 e. The summed E-state index contributed by atoms with van der Waals surface area (Å²) in [5.41, 5.74) is 1.89. The molecule has 3 heterocycles. The van der Waals surface area contributed by atoms with Gasteiger partial charge in [-0.3, -0.25) is 5.32 Å². The number of carbonyl (C=O) groups is 2. The topological polar surface area (TPSA) is 142 Å². The molecule has 4 rings (SSSR count). The van der Waals surface area contributed by atoms with Crippen LogP contribution in [0.1, 0.15) is 31.3 Å². The van der Waals surface area contributed by atoms with Gasteiger partial charge in [-0.05, 0) is 24.6 Å². The van der Waals surface area contributed by atoms with Gasteiger partial charge >= 0.3 is 11.9 Å². The van der Waals surface area contributed by atoms with Crippen LogP contribution in [0.4, 0.5) is 22.7 Å². The van der Waals surface area contributed by atoms with Gasteiger partial charge in [0.2, 0.25) is 5.95 Å². The molecule has 3 aromatic rings. The summed E-state index contributed by atoms with van der Waals surface area (Å²) in [4.78, 5) is 38.8. The van der Waals surface area contributed by atoms with E-state index in [9.17, 15) is 14.7 Å². The Hall–Kier alpha value is -3.77. The number of nitrogens with zero attached hydrogens (tertiary/aromatic N) is 4. The first-order valence-electron chi connectivity index (χ1n) is 10.7. The van der Waals surface area contributed by atoms with Crippen LogP contribution in [0.5, 0.6) is 0 Å². The van der Waals surface area contributed by atoms with E-state index in [4.69, 9.17) is 4.74 Å². The second-order valence-corrected chi connectivity index (χ2v) is 8.58. The van der Waals surface area contributed by atoms with E-state index < -0.39 is 5.97 Å². The molecule has 1 fully saturated rings. The van der Waals surface area contributed by atoms with Gasteiger partial charge in [0.05, 0.1) is 18.4 Å². The number of esters is 1. The Morgan fingerprint density at radius 2 is 1.91 bits per heavy atom. The fraction of sp³-hybridized carbons (Fsp3) is 0.318. The molecule has 0 amide bonds. The maximum absolute atomic E-state index is 11.6. The molecule has 12 heteroatoms. The number of carboxylic acids is 1. The number of hydrogen-bond acceptors (Lipinski definition) is 11. The van der Waals surface area contributed by atoms with Crippen LogP contribution in [-0.4, -0.2) is 65.3 Å². The number of carbonyl (C=O) groups excluding carboxylic acids is 1. The van der Waals surface area contributed by atoms with E-state index in [1.165, 1.54) is 7.11 Å². The monoisotopic (exact) mass is 483 g/mol. The van der Waals surface area contributed by atoms with E-state index in [0.717, 1.165) is 48.9 Å². The molecule has 34 heavy (non-hydrogen) atoms. The fourth-order valence-electron chi connectivity index (χ4n) is 3.45. The standard InChI is InChI=1S/C22H25N7O4S/c1-13-18(19(30)31)34-22(25-13)28-21-26-16(11-17(27-21)29-9-7-23-8-10-29)24-12-14-3-5-15(6-4-14)20(32)33-2/h3-6,11,23H,7-10,12H2,1-2H3,(H,30,31)(H2,24,25,26,27,28). The average Bonchev–Trinajstić information content (AvgIpc) is 3.23. The number of hydrogen-bond donors (Lipinski definition) is 4. The van der Waals surface area contributed by atoms with Crippen LogP contribution in [0, 0.1) is 6.92 Å². The van der Waals surface area contributed by atoms with E-state index in [0.29, 0.717) is 34.7 Å². The van der Waals surface area contributed by atoms with Crippen LogP contribution in [0.3, 0.4) is 0 Å². The zero-order valence-corrected chi connectivity index (χ0v) is 19.6. The van der Waals surface area contributed by atoms with Crippen molar-refractivity contribution < 1.29 is 19.4 Å². The predicted molar refractivity (Wildman–Crippen MR) is 129 cm³/mol. The molecule has 0 bridgehead atoms. The molecule has 1 aliphatic rings. The number of aryl methyl sites for hydroxylation is 1. The quantitative estimate of drug-likeness (QED) is 0.351. The third-order valence-electron chi connectivity index (χ3n) is 5.21. The molecule has 1 aliphatic heterocycles. The normalized spacial score (nSPS) is 13.4. The van der Waals surface area contributed by atoms with Gasteiger partial charge in [-0.1, -0.05) is 23.5 Å². The predicted octanol–water partition coefficient (Wildman–Crippen LogP) is 2.49. The van der Waals surface area contributed by atoms with Crippen LogP contribution < -0.4 is 20.9 Å². The van der Waals surface area contributed by atoms with Crippen molar-refractivity contribution in [3.8, 4) is 0 Å². The van der Waals surface area contributed by atoms with Gasteiger partial charge in [-0.15, -0.1) is 0 Å². The summed E-state index contributed by atoms with van der Waals surface area (Å²) in [6.45, 7) is 5.47. The SMILES string of the molecule is COC(=O)c1ccc(CNc2cc(N3CCNCC3)nc(Nc3nc(C)c(C(=O)O)s3)n2)cc1. The molecule has 1 saturated heterocycles. The van der Waals surface area contributed by atoms with E-state index in [1.54, 1.807) is 19.1 Å². The lowest BCUT2D eigenvalue weighted by Crippen LogP contribution is -2.44. The number of piperazine rings is 1. The first-order valence-corrected chi connectivity index (χ1v) is 11.5. The molecule has 0 aliphatic carbocycles. The number of benzene rings is 1. The second kappa shape index (κ2) is 10.4. The molecule has 0 radical (unpaired) electrons. The van der Waals surface area contributed by atoms with Crippen molar-refractivity contribution in [2.45, 2.75) is 13.5 Å². The molecule has 0 saturated carbocycles. The first-order chi connectivity index (χ1) is 16.4. The third-order valence-corrected chi connectivity index (χ3v) is 6.27. The van der Waals surface area contributed by atoms with Crippen molar-refractivity contribution in [1.29, 1.82) is 0 Å². The van der Waals surface area contributed by atoms with Crippen molar-refractivity contribution in [2.24, 2.45) is 0 Å². The van der Waals surface area contributed by atoms with Crippen LogP contribution in [-0.2, 0) is 11.3 Å². The number of methoxy groups -OCH3 is 1. The van der Waals surface area contributed by atoms with Crippen LogP contribution in [0.15, 0.2) is 30.3 Å². The molecule has 11 nitrogen and oxygen atoms in total. The van der Waals surface area contributed by atoms with Gasteiger partial charge in [-0.25, -0.2) is 14.6 Å². The van der Waals surface area contributed by atoms with Gasteiger partial charge < -0.3 is 25.4 Å². The minimum Gasteiger partial charge on any atom is -0.477 e. The Balaban J connectivity index is 1.55. The van der Waals surface area contributed by atoms with Crippen LogP contribution >= 0.6 is 11.3 Å². The maximum Gasteiger partial charge on any atom is 0.347 e. The number of rotatable bonds is 8. The summed E-state index contributed by atoms with van der Waals surface area (Å²) >= 11 is 1.04. The van der Waals surface area contributed by atoms with Crippen molar-refractivity contribution >= 4 is 46.0 Å². The van der Waals surface area contributed by atoms with E-state index in [-0.39, 0.29) is 10.8 Å². The molecule has 178 valence electrons. The number of ether oxygens (including phenoxy) is 1. The lowest BCUT2D eigenvalue weighted by molar-refractivity contribution is 0.0599. The van der Waals surface area contributed by atoms with Gasteiger partial charge in [0.25, 0.3) is 0 Å². The van der Waals surface area contributed by atoms with Crippen molar-refractivity contribution in [1.82, 2.24) is 20.3 Å². The van der Waals surface area contributed by atoms with E-state index in [2.05, 4.69) is 35.8 Å². The molecule has 1 aromatic carbocycles. The summed E-state index contributed by atoms with van der Waals surface area (Å²) < 4.78 is 4.74. The Morgan fingerprint density at radius 3 is 2.56 bits per heavy atom. The summed E-state index contributed by atoms with van der Waals surface area (Å²) in [5, 5.41) is 19.4. The van der Waals surface area contributed by atoms with Gasteiger partial charge in [-0.2, -0.15) is 9.97 Å². The maximum atomic E-state index is 11.6. The van der Waals surface area contributed by atoms with Crippen molar-refractivity contribution in [3.63, 3.8) is 0 Å². The number of aromatic carboxylic acids is 1. The molecule has 0 spiro atoms. The lowest BCUT2D eigenvalue weighted by atomic mass is 10.1. The van der Waals surface area contributed by atoms with Crippen LogP contribution in [0.25, 0.3) is 0 Å². The first kappa shape index (κ1) is 23.4. The molecule has 2 aromatic heterocycles. The highest BCUT2D eigenvalue weighted by molar-refractivity contribution is 7.17. The molecular formula is C22H25N7O4S. The number of aromatic nitrogens is 3. The highest BCUT2D eigenvalue weighted by atomic mass is 32.1. The highest BCUT2D eigenvalue weighted by Crippen LogP contribution is 2.27. The summed E-state index contributed by atoms with van der Waals surface area (Å²) in [5.74, 6) is 0.295. The lowest BCUT2D eigenvalue weighted by Gasteiger charge is -2.28. The van der Waals surface area contributed by atoms with Crippen LogP contribution in [0.2, 0.25) is 0 Å². The Bertz CT molecular complexity index is 1180. The summed E-state index contributed by atoms with van der Waals surface area (Å²) in [7, 11) is 1.35. The van der Waals surface area contributed by atoms with E-state index in [1.807, 2.05) is 18.2 Å². The Labute approximate surface area is 200 Å². The molecular weight excluding hydrogens is 458 g/mol. The highest BCUT2D eigenvalue weighted by Gasteiger charge is 2.18.